The van der Waals surface area contributed by atoms with E-state index in [0.717, 1.165) is 24.5 Å². The van der Waals surface area contributed by atoms with Crippen LogP contribution in [0.5, 0.6) is 0 Å². The van der Waals surface area contributed by atoms with Crippen LogP contribution in [0.4, 0.5) is 4.39 Å². The Hall–Kier alpha value is -1.87. The summed E-state index contributed by atoms with van der Waals surface area (Å²) in [6, 6.07) is 11.9. The molecule has 0 saturated carbocycles. The molecule has 2 nitrogen and oxygen atoms in total. The quantitative estimate of drug-likeness (QED) is 0.893. The van der Waals surface area contributed by atoms with Crippen molar-refractivity contribution in [2.45, 2.75) is 18.9 Å². The maximum atomic E-state index is 13.0. The molecule has 0 aliphatic heterocycles. The van der Waals surface area contributed by atoms with Crippen LogP contribution in [0.25, 0.3) is 0 Å². The van der Waals surface area contributed by atoms with E-state index < -0.39 is 5.82 Å². The molecular weight excluding hydrogens is 277 g/mol. The Bertz CT molecular complexity index is 671. The summed E-state index contributed by atoms with van der Waals surface area (Å²) in [7, 11) is 0. The van der Waals surface area contributed by atoms with Crippen LogP contribution in [0.1, 0.15) is 33.9 Å². The number of amides is 1. The van der Waals surface area contributed by atoms with E-state index in [1.54, 1.807) is 0 Å². The molecule has 0 spiro atoms. The molecule has 102 valence electrons. The van der Waals surface area contributed by atoms with Crippen molar-refractivity contribution in [3.8, 4) is 0 Å². The second-order valence-corrected chi connectivity index (χ2v) is 5.29. The van der Waals surface area contributed by atoms with Crippen molar-refractivity contribution >= 4 is 17.5 Å². The first-order valence-corrected chi connectivity index (χ1v) is 6.86. The Morgan fingerprint density at radius 2 is 2.05 bits per heavy atom. The molecule has 0 radical (unpaired) electrons. The third kappa shape index (κ3) is 2.41. The van der Waals surface area contributed by atoms with E-state index in [2.05, 4.69) is 11.4 Å². The van der Waals surface area contributed by atoms with E-state index in [4.69, 9.17) is 11.6 Å². The molecular formula is C16H13ClFNO. The number of carbonyl (C=O) groups is 1. The van der Waals surface area contributed by atoms with Crippen molar-refractivity contribution in [3.63, 3.8) is 0 Å². The van der Waals surface area contributed by atoms with E-state index in [-0.39, 0.29) is 17.0 Å². The molecule has 0 bridgehead atoms. The van der Waals surface area contributed by atoms with E-state index in [1.807, 2.05) is 18.2 Å². The minimum absolute atomic E-state index is 0.000167. The van der Waals surface area contributed by atoms with Crippen LogP contribution in [0.3, 0.4) is 0 Å². The summed E-state index contributed by atoms with van der Waals surface area (Å²) >= 11 is 5.91. The van der Waals surface area contributed by atoms with Gasteiger partial charge in [0.1, 0.15) is 5.82 Å². The standard InChI is InChI=1S/C16H13ClFNO/c17-14-9-11(18)6-7-13(14)16(20)19-15-8-5-10-3-1-2-4-12(10)15/h1-4,6-7,9,15H,5,8H2,(H,19,20)/t15-/m1/s1. The van der Waals surface area contributed by atoms with Gasteiger partial charge in [-0.15, -0.1) is 0 Å². The van der Waals surface area contributed by atoms with Crippen molar-refractivity contribution in [2.24, 2.45) is 0 Å². The van der Waals surface area contributed by atoms with Crippen LogP contribution in [-0.4, -0.2) is 5.91 Å². The Labute approximate surface area is 121 Å². The van der Waals surface area contributed by atoms with Crippen molar-refractivity contribution in [1.82, 2.24) is 5.32 Å². The predicted octanol–water partition coefficient (Wildman–Crippen LogP) is 3.90. The number of nitrogens with one attached hydrogen (secondary N) is 1. The summed E-state index contributed by atoms with van der Waals surface area (Å²) in [6.07, 6.45) is 1.84. The number of hydrogen-bond donors (Lipinski definition) is 1. The van der Waals surface area contributed by atoms with Gasteiger partial charge in [0, 0.05) is 0 Å². The molecule has 2 aromatic rings. The highest BCUT2D eigenvalue weighted by Gasteiger charge is 2.24. The lowest BCUT2D eigenvalue weighted by molar-refractivity contribution is 0.0937. The molecule has 3 rings (SSSR count). The monoisotopic (exact) mass is 289 g/mol. The summed E-state index contributed by atoms with van der Waals surface area (Å²) < 4.78 is 13.0. The Balaban J connectivity index is 1.81. The molecule has 2 aromatic carbocycles. The molecule has 20 heavy (non-hydrogen) atoms. The summed E-state index contributed by atoms with van der Waals surface area (Å²) in [4.78, 5) is 12.2. The lowest BCUT2D eigenvalue weighted by Gasteiger charge is -2.14. The highest BCUT2D eigenvalue weighted by Crippen LogP contribution is 2.31. The molecule has 4 heteroatoms. The third-order valence-corrected chi connectivity index (χ3v) is 3.93. The highest BCUT2D eigenvalue weighted by molar-refractivity contribution is 6.33. The van der Waals surface area contributed by atoms with Gasteiger partial charge in [-0.1, -0.05) is 35.9 Å². The van der Waals surface area contributed by atoms with Crippen LogP contribution in [-0.2, 0) is 6.42 Å². The summed E-state index contributed by atoms with van der Waals surface area (Å²) in [6.45, 7) is 0. The zero-order valence-electron chi connectivity index (χ0n) is 10.7. The minimum Gasteiger partial charge on any atom is -0.345 e. The third-order valence-electron chi connectivity index (χ3n) is 3.61. The van der Waals surface area contributed by atoms with Gasteiger partial charge in [-0.3, -0.25) is 4.79 Å². The summed E-state index contributed by atoms with van der Waals surface area (Å²) in [5.74, 6) is -0.713. The van der Waals surface area contributed by atoms with Gasteiger partial charge in [-0.25, -0.2) is 4.39 Å². The van der Waals surface area contributed by atoms with Gasteiger partial charge >= 0.3 is 0 Å². The van der Waals surface area contributed by atoms with E-state index in [9.17, 15) is 9.18 Å². The topological polar surface area (TPSA) is 29.1 Å². The largest absolute Gasteiger partial charge is 0.345 e. The number of fused-ring (bicyclic) bond motifs is 1. The molecule has 0 heterocycles. The Morgan fingerprint density at radius 1 is 1.25 bits per heavy atom. The smallest absolute Gasteiger partial charge is 0.253 e. The van der Waals surface area contributed by atoms with Gasteiger partial charge in [0.15, 0.2) is 0 Å². The molecule has 1 aliphatic carbocycles. The van der Waals surface area contributed by atoms with Gasteiger partial charge in [-0.2, -0.15) is 0 Å². The SMILES string of the molecule is O=C(N[C@@H]1CCc2ccccc21)c1ccc(F)cc1Cl. The van der Waals surface area contributed by atoms with Crippen LogP contribution >= 0.6 is 11.6 Å². The van der Waals surface area contributed by atoms with Crippen LogP contribution in [0, 0.1) is 5.82 Å². The maximum absolute atomic E-state index is 13.0. The zero-order valence-corrected chi connectivity index (χ0v) is 11.5. The van der Waals surface area contributed by atoms with Gasteiger partial charge < -0.3 is 5.32 Å². The lowest BCUT2D eigenvalue weighted by Crippen LogP contribution is -2.27. The molecule has 0 fully saturated rings. The number of carbonyl (C=O) groups excluding carboxylic acids is 1. The molecule has 0 saturated heterocycles. The number of rotatable bonds is 2. The van der Waals surface area contributed by atoms with Crippen molar-refractivity contribution in [2.75, 3.05) is 0 Å². The highest BCUT2D eigenvalue weighted by atomic mass is 35.5. The number of benzene rings is 2. The number of aryl methyl sites for hydroxylation is 1. The van der Waals surface area contributed by atoms with E-state index >= 15 is 0 Å². The minimum atomic E-state index is -0.447. The van der Waals surface area contributed by atoms with Crippen LogP contribution in [0.15, 0.2) is 42.5 Å². The first kappa shape index (κ1) is 13.1. The average molecular weight is 290 g/mol. The first-order chi connectivity index (χ1) is 9.65. The van der Waals surface area contributed by atoms with Gasteiger partial charge in [-0.05, 0) is 42.2 Å². The second kappa shape index (κ2) is 5.25. The molecule has 1 aliphatic rings. The zero-order chi connectivity index (χ0) is 14.1. The second-order valence-electron chi connectivity index (χ2n) is 4.89. The van der Waals surface area contributed by atoms with Crippen molar-refractivity contribution < 1.29 is 9.18 Å². The number of hydrogen-bond acceptors (Lipinski definition) is 1. The molecule has 1 amide bonds. The Kier molecular flexibility index (Phi) is 3.45. The summed E-state index contributed by atoms with van der Waals surface area (Å²) in [5.41, 5.74) is 2.72. The van der Waals surface area contributed by atoms with Gasteiger partial charge in [0.2, 0.25) is 0 Å². The van der Waals surface area contributed by atoms with Crippen molar-refractivity contribution in [1.29, 1.82) is 0 Å². The lowest BCUT2D eigenvalue weighted by atomic mass is 10.1. The van der Waals surface area contributed by atoms with E-state index in [1.165, 1.54) is 17.7 Å². The fourth-order valence-corrected chi connectivity index (χ4v) is 2.87. The normalized spacial score (nSPS) is 16.8. The molecule has 1 N–H and O–H groups in total. The first-order valence-electron chi connectivity index (χ1n) is 6.49. The van der Waals surface area contributed by atoms with Crippen LogP contribution < -0.4 is 5.32 Å². The van der Waals surface area contributed by atoms with E-state index in [0.29, 0.717) is 5.56 Å². The predicted molar refractivity (Wildman–Crippen MR) is 76.4 cm³/mol. The summed E-state index contributed by atoms with van der Waals surface area (Å²) in [5, 5.41) is 3.10. The van der Waals surface area contributed by atoms with Crippen molar-refractivity contribution in [3.05, 3.63) is 70.0 Å². The molecule has 1 atom stereocenters. The Morgan fingerprint density at radius 3 is 2.85 bits per heavy atom. The van der Waals surface area contributed by atoms with Gasteiger partial charge in [0.05, 0.1) is 16.6 Å². The number of halogens is 2. The molecule has 0 unspecified atom stereocenters. The fourth-order valence-electron chi connectivity index (χ4n) is 2.62. The average Bonchev–Trinajstić information content (AvgIpc) is 2.82. The van der Waals surface area contributed by atoms with Gasteiger partial charge in [0.25, 0.3) is 5.91 Å². The maximum Gasteiger partial charge on any atom is 0.253 e. The van der Waals surface area contributed by atoms with Crippen LogP contribution in [0.2, 0.25) is 5.02 Å². The fraction of sp³-hybridized carbons (Fsp3) is 0.188. The molecule has 0 aromatic heterocycles.